The Balaban J connectivity index is 1.49. The number of rotatable bonds is 4. The van der Waals surface area contributed by atoms with Gasteiger partial charge in [-0.1, -0.05) is 0 Å². The summed E-state index contributed by atoms with van der Waals surface area (Å²) in [5.41, 5.74) is 0. The van der Waals surface area contributed by atoms with Crippen molar-refractivity contribution in [1.29, 1.82) is 0 Å². The molecule has 2 fully saturated rings. The van der Waals surface area contributed by atoms with Crippen LogP contribution in [0.25, 0.3) is 0 Å². The zero-order valence-corrected chi connectivity index (χ0v) is 10.9. The average Bonchev–Trinajstić information content (AvgIpc) is 2.88. The lowest BCUT2D eigenvalue weighted by atomic mass is 10.0. The summed E-state index contributed by atoms with van der Waals surface area (Å²) in [5.74, 6) is 0. The minimum Gasteiger partial charge on any atom is -0.337 e. The molecule has 94 valence electrons. The van der Waals surface area contributed by atoms with Crippen LogP contribution in [0.3, 0.4) is 0 Å². The number of halogens is 1. The van der Waals surface area contributed by atoms with E-state index in [-0.39, 0.29) is 0 Å². The van der Waals surface area contributed by atoms with Gasteiger partial charge in [0.1, 0.15) is 0 Å². The van der Waals surface area contributed by atoms with Crippen LogP contribution in [0.1, 0.15) is 32.1 Å². The number of hydrogen-bond acceptors (Lipinski definition) is 2. The maximum absolute atomic E-state index is 6.29. The molecule has 2 bridgehead atoms. The quantitative estimate of drug-likeness (QED) is 0.769. The number of aromatic nitrogens is 2. The molecule has 4 heteroatoms. The van der Waals surface area contributed by atoms with Gasteiger partial charge >= 0.3 is 0 Å². The summed E-state index contributed by atoms with van der Waals surface area (Å²) in [6.45, 7) is 2.30. The van der Waals surface area contributed by atoms with Gasteiger partial charge in [0.05, 0.1) is 6.33 Å². The van der Waals surface area contributed by atoms with E-state index in [1.54, 1.807) is 0 Å². The van der Waals surface area contributed by atoms with Crippen LogP contribution >= 0.6 is 11.6 Å². The second-order valence-electron chi connectivity index (χ2n) is 5.35. The van der Waals surface area contributed by atoms with E-state index in [1.807, 2.05) is 18.7 Å². The molecule has 3 nitrogen and oxygen atoms in total. The average molecular weight is 254 g/mol. The summed E-state index contributed by atoms with van der Waals surface area (Å²) in [4.78, 5) is 6.78. The van der Waals surface area contributed by atoms with Crippen molar-refractivity contribution in [1.82, 2.24) is 14.5 Å². The molecule has 0 aromatic carbocycles. The van der Waals surface area contributed by atoms with Crippen molar-refractivity contribution in [3.05, 3.63) is 18.7 Å². The summed E-state index contributed by atoms with van der Waals surface area (Å²) < 4.78 is 2.16. The maximum Gasteiger partial charge on any atom is 0.0945 e. The second-order valence-corrected chi connectivity index (χ2v) is 5.96. The standard InChI is InChI=1S/C13H20ClN3/c14-11-8-12-2-3-13(9-11)17(12)6-1-5-16-7-4-15-10-16/h4,7,10-13H,1-3,5-6,8-9H2. The van der Waals surface area contributed by atoms with Gasteiger partial charge in [0.2, 0.25) is 0 Å². The number of imidazole rings is 1. The Hall–Kier alpha value is -0.540. The first-order valence-corrected chi connectivity index (χ1v) is 7.12. The van der Waals surface area contributed by atoms with Crippen molar-refractivity contribution < 1.29 is 0 Å². The highest BCUT2D eigenvalue weighted by Crippen LogP contribution is 2.37. The summed E-state index contributed by atoms with van der Waals surface area (Å²) in [7, 11) is 0. The van der Waals surface area contributed by atoms with Gasteiger partial charge in [-0.05, 0) is 32.1 Å². The Labute approximate surface area is 108 Å². The fourth-order valence-electron chi connectivity index (χ4n) is 3.43. The molecule has 2 saturated heterocycles. The highest BCUT2D eigenvalue weighted by Gasteiger charge is 2.39. The van der Waals surface area contributed by atoms with Crippen LogP contribution < -0.4 is 0 Å². The van der Waals surface area contributed by atoms with Crippen LogP contribution in [-0.4, -0.2) is 38.5 Å². The molecule has 3 heterocycles. The van der Waals surface area contributed by atoms with Crippen molar-refractivity contribution in [2.75, 3.05) is 6.54 Å². The fourth-order valence-corrected chi connectivity index (χ4v) is 3.84. The normalized spacial score (nSPS) is 33.1. The molecular weight excluding hydrogens is 234 g/mol. The second kappa shape index (κ2) is 4.99. The van der Waals surface area contributed by atoms with Gasteiger partial charge in [0, 0.05) is 42.9 Å². The van der Waals surface area contributed by atoms with E-state index in [4.69, 9.17) is 11.6 Å². The number of hydrogen-bond donors (Lipinski definition) is 0. The van der Waals surface area contributed by atoms with E-state index in [9.17, 15) is 0 Å². The molecule has 2 aliphatic heterocycles. The molecule has 0 saturated carbocycles. The SMILES string of the molecule is ClC1CC2CCC(C1)N2CCCn1ccnc1. The molecule has 17 heavy (non-hydrogen) atoms. The zero-order valence-electron chi connectivity index (χ0n) is 10.1. The first-order chi connectivity index (χ1) is 8.33. The minimum absolute atomic E-state index is 0.428. The molecule has 2 unspecified atom stereocenters. The van der Waals surface area contributed by atoms with Crippen molar-refractivity contribution in [3.8, 4) is 0 Å². The topological polar surface area (TPSA) is 21.1 Å². The fraction of sp³-hybridized carbons (Fsp3) is 0.769. The first kappa shape index (κ1) is 11.5. The van der Waals surface area contributed by atoms with E-state index >= 15 is 0 Å². The molecule has 3 rings (SSSR count). The molecule has 0 aliphatic carbocycles. The predicted molar refractivity (Wildman–Crippen MR) is 69.2 cm³/mol. The number of alkyl halides is 1. The van der Waals surface area contributed by atoms with Gasteiger partial charge in [-0.2, -0.15) is 0 Å². The Morgan fingerprint density at radius 2 is 1.94 bits per heavy atom. The summed E-state index contributed by atoms with van der Waals surface area (Å²) in [5, 5.41) is 0.428. The van der Waals surface area contributed by atoms with E-state index in [2.05, 4.69) is 14.5 Å². The van der Waals surface area contributed by atoms with Gasteiger partial charge in [-0.25, -0.2) is 4.98 Å². The number of piperidine rings is 1. The lowest BCUT2D eigenvalue weighted by molar-refractivity contribution is 0.139. The Morgan fingerprint density at radius 1 is 1.18 bits per heavy atom. The van der Waals surface area contributed by atoms with E-state index in [0.717, 1.165) is 18.6 Å². The van der Waals surface area contributed by atoms with Crippen molar-refractivity contribution in [2.45, 2.75) is 56.1 Å². The number of nitrogens with zero attached hydrogens (tertiary/aromatic N) is 3. The highest BCUT2D eigenvalue weighted by atomic mass is 35.5. The lowest BCUT2D eigenvalue weighted by Crippen LogP contribution is -2.43. The zero-order chi connectivity index (χ0) is 11.7. The van der Waals surface area contributed by atoms with E-state index in [0.29, 0.717) is 5.38 Å². The Kier molecular flexibility index (Phi) is 3.39. The van der Waals surface area contributed by atoms with Crippen LogP contribution in [0, 0.1) is 0 Å². The van der Waals surface area contributed by atoms with E-state index < -0.39 is 0 Å². The Morgan fingerprint density at radius 3 is 2.59 bits per heavy atom. The van der Waals surface area contributed by atoms with Gasteiger partial charge in [-0.3, -0.25) is 4.90 Å². The lowest BCUT2D eigenvalue weighted by Gasteiger charge is -2.37. The third-order valence-electron chi connectivity index (χ3n) is 4.22. The van der Waals surface area contributed by atoms with Crippen LogP contribution in [0.4, 0.5) is 0 Å². The summed E-state index contributed by atoms with van der Waals surface area (Å²) in [6, 6.07) is 1.53. The first-order valence-electron chi connectivity index (χ1n) is 6.68. The third-order valence-corrected chi connectivity index (χ3v) is 4.57. The molecule has 0 N–H and O–H groups in total. The molecule has 2 aliphatic rings. The maximum atomic E-state index is 6.29. The van der Waals surface area contributed by atoms with Gasteiger partial charge in [0.25, 0.3) is 0 Å². The summed E-state index contributed by atoms with van der Waals surface area (Å²) in [6.07, 6.45) is 12.1. The van der Waals surface area contributed by atoms with Crippen LogP contribution in [0.15, 0.2) is 18.7 Å². The summed E-state index contributed by atoms with van der Waals surface area (Å²) >= 11 is 6.29. The predicted octanol–water partition coefficient (Wildman–Crippen LogP) is 2.51. The van der Waals surface area contributed by atoms with Crippen molar-refractivity contribution in [3.63, 3.8) is 0 Å². The minimum atomic E-state index is 0.428. The molecule has 0 radical (unpaired) electrons. The van der Waals surface area contributed by atoms with Gasteiger partial charge in [-0.15, -0.1) is 11.6 Å². The van der Waals surface area contributed by atoms with Gasteiger partial charge in [0.15, 0.2) is 0 Å². The molecule has 0 spiro atoms. The van der Waals surface area contributed by atoms with Crippen molar-refractivity contribution in [2.24, 2.45) is 0 Å². The van der Waals surface area contributed by atoms with Crippen LogP contribution in [-0.2, 0) is 6.54 Å². The molecule has 1 aromatic heterocycles. The number of aryl methyl sites for hydroxylation is 1. The smallest absolute Gasteiger partial charge is 0.0945 e. The number of fused-ring (bicyclic) bond motifs is 2. The third kappa shape index (κ3) is 2.50. The molecule has 1 aromatic rings. The van der Waals surface area contributed by atoms with E-state index in [1.165, 1.54) is 38.6 Å². The molecular formula is C13H20ClN3. The Bertz CT molecular complexity index is 338. The van der Waals surface area contributed by atoms with Crippen LogP contribution in [0.2, 0.25) is 0 Å². The van der Waals surface area contributed by atoms with Gasteiger partial charge < -0.3 is 4.57 Å². The highest BCUT2D eigenvalue weighted by molar-refractivity contribution is 6.20. The van der Waals surface area contributed by atoms with Crippen LogP contribution in [0.5, 0.6) is 0 Å². The molecule has 2 atom stereocenters. The largest absolute Gasteiger partial charge is 0.337 e. The van der Waals surface area contributed by atoms with Crippen molar-refractivity contribution >= 4 is 11.6 Å². The monoisotopic (exact) mass is 253 g/mol. The molecule has 0 amide bonds.